The summed E-state index contributed by atoms with van der Waals surface area (Å²) in [6.07, 6.45) is 3.32. The Balaban J connectivity index is 1.22. The molecule has 0 spiro atoms. The van der Waals surface area contributed by atoms with Gasteiger partial charge in [-0.1, -0.05) is 54.2 Å². The second kappa shape index (κ2) is 10.8. The number of benzene rings is 3. The number of hydrogen-bond acceptors (Lipinski definition) is 4. The van der Waals surface area contributed by atoms with Crippen molar-refractivity contribution >= 4 is 34.6 Å². The predicted octanol–water partition coefficient (Wildman–Crippen LogP) is 5.41. The number of H-pyrrole nitrogens is 1. The van der Waals surface area contributed by atoms with E-state index in [1.807, 2.05) is 77.7 Å². The summed E-state index contributed by atoms with van der Waals surface area (Å²) in [5, 5.41) is 3.85. The van der Waals surface area contributed by atoms with Crippen molar-refractivity contribution in [1.82, 2.24) is 20.2 Å². The van der Waals surface area contributed by atoms with Gasteiger partial charge in [0.1, 0.15) is 0 Å². The first-order chi connectivity index (χ1) is 17.2. The number of imidazole rings is 1. The molecular weight excluding hydrogens is 456 g/mol. The van der Waals surface area contributed by atoms with E-state index >= 15 is 0 Å². The number of hydrogen-bond donors (Lipinski definition) is 2. The molecule has 4 aromatic rings. The fraction of sp³-hybridized carbons (Fsp3) is 0.250. The minimum atomic E-state index is -0.126. The Hall–Kier alpha value is -3.58. The summed E-state index contributed by atoms with van der Waals surface area (Å²) in [6.45, 7) is 2.01. The summed E-state index contributed by atoms with van der Waals surface area (Å²) < 4.78 is 0. The SMILES string of the molecule is O=C(NCc1cccc(C(=O)N2CCCCC2)c1)c1ccccc1CSc1nc2ccccc2[nH]1. The average molecular weight is 485 g/mol. The minimum Gasteiger partial charge on any atom is -0.348 e. The molecule has 0 unspecified atom stereocenters. The number of aromatic amines is 1. The molecule has 2 heterocycles. The standard InChI is InChI=1S/C28H28N4O2S/c33-26(29-18-20-9-8-11-21(17-20)27(34)32-15-6-1-7-16-32)23-12-3-2-10-22(23)19-35-28-30-24-13-4-5-14-25(24)31-28/h2-5,8-14,17H,1,6-7,15-16,18-19H2,(H,29,33)(H,30,31). The highest BCUT2D eigenvalue weighted by molar-refractivity contribution is 7.98. The van der Waals surface area contributed by atoms with Gasteiger partial charge in [0, 0.05) is 36.5 Å². The fourth-order valence-corrected chi connectivity index (χ4v) is 5.27. The van der Waals surface area contributed by atoms with Crippen LogP contribution in [0.1, 0.15) is 51.1 Å². The van der Waals surface area contributed by atoms with Crippen molar-refractivity contribution in [1.29, 1.82) is 0 Å². The van der Waals surface area contributed by atoms with Crippen LogP contribution in [0.5, 0.6) is 0 Å². The maximum atomic E-state index is 13.0. The molecule has 1 aromatic heterocycles. The number of thioether (sulfide) groups is 1. The molecule has 0 atom stereocenters. The van der Waals surface area contributed by atoms with Gasteiger partial charge in [0.2, 0.25) is 0 Å². The third kappa shape index (κ3) is 5.57. The van der Waals surface area contributed by atoms with Gasteiger partial charge in [-0.05, 0) is 60.7 Å². The van der Waals surface area contributed by atoms with Gasteiger partial charge in [-0.25, -0.2) is 4.98 Å². The van der Waals surface area contributed by atoms with Crippen LogP contribution >= 0.6 is 11.8 Å². The lowest BCUT2D eigenvalue weighted by atomic mass is 10.1. The van der Waals surface area contributed by atoms with Crippen LogP contribution in [0.25, 0.3) is 11.0 Å². The molecule has 1 saturated heterocycles. The number of rotatable bonds is 7. The lowest BCUT2D eigenvalue weighted by Crippen LogP contribution is -2.35. The number of aromatic nitrogens is 2. The van der Waals surface area contributed by atoms with E-state index in [4.69, 9.17) is 0 Å². The Labute approximate surface area is 209 Å². The third-order valence-corrected chi connectivity index (χ3v) is 7.19. The molecule has 1 aliphatic heterocycles. The maximum Gasteiger partial charge on any atom is 0.253 e. The Morgan fingerprint density at radius 2 is 1.74 bits per heavy atom. The topological polar surface area (TPSA) is 78.1 Å². The van der Waals surface area contributed by atoms with Crippen molar-refractivity contribution in [2.45, 2.75) is 36.7 Å². The molecule has 0 aliphatic carbocycles. The molecule has 6 nitrogen and oxygen atoms in total. The number of para-hydroxylation sites is 2. The zero-order valence-corrected chi connectivity index (χ0v) is 20.3. The monoisotopic (exact) mass is 484 g/mol. The molecular formula is C28H28N4O2S. The zero-order valence-electron chi connectivity index (χ0n) is 19.5. The van der Waals surface area contributed by atoms with Crippen LogP contribution in [0.2, 0.25) is 0 Å². The summed E-state index contributed by atoms with van der Waals surface area (Å²) >= 11 is 1.58. The van der Waals surface area contributed by atoms with E-state index in [9.17, 15) is 9.59 Å². The van der Waals surface area contributed by atoms with Gasteiger partial charge >= 0.3 is 0 Å². The zero-order chi connectivity index (χ0) is 24.0. The molecule has 35 heavy (non-hydrogen) atoms. The van der Waals surface area contributed by atoms with Crippen LogP contribution in [0.15, 0.2) is 78.0 Å². The van der Waals surface area contributed by atoms with Crippen molar-refractivity contribution in [3.05, 3.63) is 95.1 Å². The van der Waals surface area contributed by atoms with Crippen molar-refractivity contribution < 1.29 is 9.59 Å². The number of amides is 2. The van der Waals surface area contributed by atoms with Crippen LogP contribution in [0.4, 0.5) is 0 Å². The quantitative estimate of drug-likeness (QED) is 0.344. The molecule has 7 heteroatoms. The molecule has 3 aromatic carbocycles. The van der Waals surface area contributed by atoms with Gasteiger partial charge in [-0.15, -0.1) is 0 Å². The molecule has 0 bridgehead atoms. The van der Waals surface area contributed by atoms with Crippen LogP contribution in [0.3, 0.4) is 0 Å². The number of likely N-dealkylation sites (tertiary alicyclic amines) is 1. The normalized spacial score (nSPS) is 13.7. The molecule has 2 amide bonds. The van der Waals surface area contributed by atoms with Crippen molar-refractivity contribution in [3.8, 4) is 0 Å². The molecule has 2 N–H and O–H groups in total. The van der Waals surface area contributed by atoms with Crippen LogP contribution in [0, 0.1) is 0 Å². The van der Waals surface area contributed by atoms with E-state index in [2.05, 4.69) is 15.3 Å². The van der Waals surface area contributed by atoms with Gasteiger partial charge in [-0.2, -0.15) is 0 Å². The molecule has 1 fully saturated rings. The second-order valence-electron chi connectivity index (χ2n) is 8.74. The van der Waals surface area contributed by atoms with E-state index in [1.165, 1.54) is 6.42 Å². The first kappa shape index (κ1) is 23.2. The third-order valence-electron chi connectivity index (χ3n) is 6.26. The van der Waals surface area contributed by atoms with Crippen LogP contribution < -0.4 is 5.32 Å². The van der Waals surface area contributed by atoms with Gasteiger partial charge in [0.25, 0.3) is 11.8 Å². The van der Waals surface area contributed by atoms with E-state index in [0.717, 1.165) is 53.2 Å². The molecule has 178 valence electrons. The highest BCUT2D eigenvalue weighted by atomic mass is 32.2. The number of carbonyl (C=O) groups is 2. The largest absolute Gasteiger partial charge is 0.348 e. The van der Waals surface area contributed by atoms with Gasteiger partial charge in [-0.3, -0.25) is 9.59 Å². The lowest BCUT2D eigenvalue weighted by Gasteiger charge is -2.26. The number of fused-ring (bicyclic) bond motifs is 1. The lowest BCUT2D eigenvalue weighted by molar-refractivity contribution is 0.0724. The Bertz CT molecular complexity index is 1310. The Morgan fingerprint density at radius 3 is 2.60 bits per heavy atom. The van der Waals surface area contributed by atoms with E-state index < -0.39 is 0 Å². The highest BCUT2D eigenvalue weighted by Gasteiger charge is 2.18. The van der Waals surface area contributed by atoms with Gasteiger partial charge < -0.3 is 15.2 Å². The van der Waals surface area contributed by atoms with Gasteiger partial charge in [0.15, 0.2) is 5.16 Å². The summed E-state index contributed by atoms with van der Waals surface area (Å²) in [5.41, 5.74) is 5.13. The summed E-state index contributed by atoms with van der Waals surface area (Å²) in [5.74, 6) is 0.577. The van der Waals surface area contributed by atoms with Crippen molar-refractivity contribution in [3.63, 3.8) is 0 Å². The minimum absolute atomic E-state index is 0.0748. The Morgan fingerprint density at radius 1 is 0.943 bits per heavy atom. The first-order valence-electron chi connectivity index (χ1n) is 12.0. The number of carbonyl (C=O) groups excluding carboxylic acids is 2. The summed E-state index contributed by atoms with van der Waals surface area (Å²) in [4.78, 5) is 35.7. The van der Waals surface area contributed by atoms with E-state index in [1.54, 1.807) is 11.8 Å². The van der Waals surface area contributed by atoms with Crippen molar-refractivity contribution in [2.75, 3.05) is 13.1 Å². The highest BCUT2D eigenvalue weighted by Crippen LogP contribution is 2.24. The second-order valence-corrected chi connectivity index (χ2v) is 9.70. The van der Waals surface area contributed by atoms with Crippen LogP contribution in [-0.4, -0.2) is 39.8 Å². The van der Waals surface area contributed by atoms with Crippen LogP contribution in [-0.2, 0) is 12.3 Å². The van der Waals surface area contributed by atoms with Gasteiger partial charge in [0.05, 0.1) is 11.0 Å². The molecule has 0 radical (unpaired) electrons. The summed E-state index contributed by atoms with van der Waals surface area (Å²) in [6, 6.07) is 23.1. The Kier molecular flexibility index (Phi) is 7.14. The maximum absolute atomic E-state index is 13.0. The van der Waals surface area contributed by atoms with Crippen molar-refractivity contribution in [2.24, 2.45) is 0 Å². The smallest absolute Gasteiger partial charge is 0.253 e. The van der Waals surface area contributed by atoms with E-state index in [0.29, 0.717) is 23.4 Å². The molecule has 5 rings (SSSR count). The number of nitrogens with one attached hydrogen (secondary N) is 2. The predicted molar refractivity (Wildman–Crippen MR) is 139 cm³/mol. The fourth-order valence-electron chi connectivity index (χ4n) is 4.38. The molecule has 1 aliphatic rings. The average Bonchev–Trinajstić information content (AvgIpc) is 3.34. The van der Waals surface area contributed by atoms with E-state index in [-0.39, 0.29) is 11.8 Å². The number of piperidine rings is 1. The first-order valence-corrected chi connectivity index (χ1v) is 13.0. The number of nitrogens with zero attached hydrogens (tertiary/aromatic N) is 2. The summed E-state index contributed by atoms with van der Waals surface area (Å²) in [7, 11) is 0. The molecule has 0 saturated carbocycles.